The third-order valence-electron chi connectivity index (χ3n) is 2.94. The zero-order chi connectivity index (χ0) is 11.4. The van der Waals surface area contributed by atoms with Crippen LogP contribution >= 0.6 is 0 Å². The van der Waals surface area contributed by atoms with E-state index in [1.807, 2.05) is 7.05 Å². The number of nitrogens with zero attached hydrogens (tertiary/aromatic N) is 2. The van der Waals surface area contributed by atoms with Gasteiger partial charge in [0.2, 0.25) is 0 Å². The topological polar surface area (TPSA) is 49.8 Å². The van der Waals surface area contributed by atoms with E-state index in [-0.39, 0.29) is 0 Å². The minimum Gasteiger partial charge on any atom is -0.373 e. The second-order valence-electron chi connectivity index (χ2n) is 4.37. The molecule has 88 valence electrons. The van der Waals surface area contributed by atoms with Crippen molar-refractivity contribution in [3.05, 3.63) is 11.9 Å². The molecule has 0 radical (unpaired) electrons. The van der Waals surface area contributed by atoms with Crippen LogP contribution in [0.4, 0.5) is 11.6 Å². The average molecular weight is 220 g/mol. The fourth-order valence-corrected chi connectivity index (χ4v) is 1.83. The van der Waals surface area contributed by atoms with Crippen molar-refractivity contribution in [2.45, 2.75) is 32.6 Å². The van der Waals surface area contributed by atoms with Gasteiger partial charge in [-0.1, -0.05) is 13.3 Å². The van der Waals surface area contributed by atoms with Gasteiger partial charge in [0.15, 0.2) is 0 Å². The van der Waals surface area contributed by atoms with Crippen molar-refractivity contribution >= 4 is 11.6 Å². The van der Waals surface area contributed by atoms with Crippen molar-refractivity contribution in [3.8, 4) is 0 Å². The van der Waals surface area contributed by atoms with Gasteiger partial charge in [0.1, 0.15) is 18.0 Å². The highest BCUT2D eigenvalue weighted by molar-refractivity contribution is 5.57. The van der Waals surface area contributed by atoms with E-state index in [0.717, 1.165) is 36.9 Å². The van der Waals surface area contributed by atoms with Gasteiger partial charge in [-0.05, 0) is 25.2 Å². The molecule has 0 bridgehead atoms. The maximum absolute atomic E-state index is 4.34. The Morgan fingerprint density at radius 1 is 1.31 bits per heavy atom. The van der Waals surface area contributed by atoms with Crippen molar-refractivity contribution in [2.24, 2.45) is 5.92 Å². The summed E-state index contributed by atoms with van der Waals surface area (Å²) < 4.78 is 0. The van der Waals surface area contributed by atoms with E-state index in [0.29, 0.717) is 0 Å². The van der Waals surface area contributed by atoms with Crippen LogP contribution in [0, 0.1) is 5.92 Å². The molecular formula is C12H20N4. The molecule has 2 N–H and O–H groups in total. The quantitative estimate of drug-likeness (QED) is 0.772. The third-order valence-corrected chi connectivity index (χ3v) is 2.94. The lowest BCUT2D eigenvalue weighted by Gasteiger charge is -2.13. The summed E-state index contributed by atoms with van der Waals surface area (Å²) in [5, 5.41) is 6.58. The molecule has 2 rings (SSSR count). The van der Waals surface area contributed by atoms with Crippen molar-refractivity contribution in [1.29, 1.82) is 0 Å². The maximum atomic E-state index is 4.34. The minimum absolute atomic E-state index is 0.863. The van der Waals surface area contributed by atoms with E-state index in [4.69, 9.17) is 0 Å². The zero-order valence-corrected chi connectivity index (χ0v) is 10.1. The molecule has 1 aromatic heterocycles. The first-order valence-electron chi connectivity index (χ1n) is 6.10. The molecule has 0 unspecified atom stereocenters. The standard InChI is InChI=1S/C12H20N4/c1-3-4-10-11(13-2)15-8-16-12(10)14-7-9-5-6-9/h8-9H,3-7H2,1-2H3,(H2,13,14,15,16). The van der Waals surface area contributed by atoms with E-state index >= 15 is 0 Å². The monoisotopic (exact) mass is 220 g/mol. The molecule has 0 saturated heterocycles. The van der Waals surface area contributed by atoms with E-state index < -0.39 is 0 Å². The summed E-state index contributed by atoms with van der Waals surface area (Å²) in [6.45, 7) is 3.23. The SMILES string of the molecule is CCCc1c(NC)ncnc1NCC1CC1. The smallest absolute Gasteiger partial charge is 0.134 e. The summed E-state index contributed by atoms with van der Waals surface area (Å²) in [7, 11) is 1.91. The highest BCUT2D eigenvalue weighted by Gasteiger charge is 2.21. The van der Waals surface area contributed by atoms with Gasteiger partial charge in [-0.3, -0.25) is 0 Å². The summed E-state index contributed by atoms with van der Waals surface area (Å²) in [6, 6.07) is 0. The molecule has 1 saturated carbocycles. The van der Waals surface area contributed by atoms with Crippen molar-refractivity contribution in [1.82, 2.24) is 9.97 Å². The molecule has 0 aromatic carbocycles. The molecule has 1 aliphatic rings. The van der Waals surface area contributed by atoms with Crippen molar-refractivity contribution < 1.29 is 0 Å². The number of nitrogens with one attached hydrogen (secondary N) is 2. The summed E-state index contributed by atoms with van der Waals surface area (Å²) in [5.41, 5.74) is 1.22. The van der Waals surface area contributed by atoms with Crippen LogP contribution < -0.4 is 10.6 Å². The maximum Gasteiger partial charge on any atom is 0.134 e. The van der Waals surface area contributed by atoms with Gasteiger partial charge < -0.3 is 10.6 Å². The zero-order valence-electron chi connectivity index (χ0n) is 10.1. The number of aromatic nitrogens is 2. The van der Waals surface area contributed by atoms with Crippen LogP contribution in [-0.4, -0.2) is 23.6 Å². The van der Waals surface area contributed by atoms with Crippen LogP contribution in [0.2, 0.25) is 0 Å². The lowest BCUT2D eigenvalue weighted by Crippen LogP contribution is -2.10. The van der Waals surface area contributed by atoms with Crippen LogP contribution in [-0.2, 0) is 6.42 Å². The van der Waals surface area contributed by atoms with Crippen LogP contribution in [0.3, 0.4) is 0 Å². The molecule has 1 heterocycles. The fraction of sp³-hybridized carbons (Fsp3) is 0.667. The Morgan fingerprint density at radius 3 is 2.69 bits per heavy atom. The van der Waals surface area contributed by atoms with E-state index in [1.165, 1.54) is 18.4 Å². The second-order valence-corrected chi connectivity index (χ2v) is 4.37. The molecule has 4 nitrogen and oxygen atoms in total. The normalized spacial score (nSPS) is 14.9. The van der Waals surface area contributed by atoms with Crippen LogP contribution in [0.25, 0.3) is 0 Å². The lowest BCUT2D eigenvalue weighted by molar-refractivity contribution is 0.860. The number of anilines is 2. The van der Waals surface area contributed by atoms with Gasteiger partial charge >= 0.3 is 0 Å². The molecule has 1 aromatic rings. The Balaban J connectivity index is 2.12. The summed E-state index contributed by atoms with van der Waals surface area (Å²) >= 11 is 0. The molecule has 0 spiro atoms. The van der Waals surface area contributed by atoms with E-state index in [9.17, 15) is 0 Å². The molecular weight excluding hydrogens is 200 g/mol. The minimum atomic E-state index is 0.863. The highest BCUT2D eigenvalue weighted by atomic mass is 15.1. The number of hydrogen-bond donors (Lipinski definition) is 2. The van der Waals surface area contributed by atoms with Gasteiger partial charge in [0.05, 0.1) is 0 Å². The number of rotatable bonds is 6. The summed E-state index contributed by atoms with van der Waals surface area (Å²) in [5.74, 6) is 2.82. The first-order chi connectivity index (χ1) is 7.85. The predicted molar refractivity (Wildman–Crippen MR) is 66.8 cm³/mol. The summed E-state index contributed by atoms with van der Waals surface area (Å²) in [4.78, 5) is 8.60. The molecule has 0 aliphatic heterocycles. The first kappa shape index (κ1) is 11.2. The Bertz CT molecular complexity index is 347. The van der Waals surface area contributed by atoms with Gasteiger partial charge in [-0.15, -0.1) is 0 Å². The van der Waals surface area contributed by atoms with Gasteiger partial charge in [0, 0.05) is 19.2 Å². The molecule has 1 fully saturated rings. The highest BCUT2D eigenvalue weighted by Crippen LogP contribution is 2.29. The number of hydrogen-bond acceptors (Lipinski definition) is 4. The Morgan fingerprint density at radius 2 is 2.06 bits per heavy atom. The average Bonchev–Trinajstić information content (AvgIpc) is 3.12. The van der Waals surface area contributed by atoms with Gasteiger partial charge in [-0.2, -0.15) is 0 Å². The Hall–Kier alpha value is -1.32. The second kappa shape index (κ2) is 5.14. The van der Waals surface area contributed by atoms with Crippen molar-refractivity contribution in [2.75, 3.05) is 24.2 Å². The fourth-order valence-electron chi connectivity index (χ4n) is 1.83. The summed E-state index contributed by atoms with van der Waals surface area (Å²) in [6.07, 6.45) is 6.48. The Kier molecular flexibility index (Phi) is 3.59. The van der Waals surface area contributed by atoms with Gasteiger partial charge in [0.25, 0.3) is 0 Å². The van der Waals surface area contributed by atoms with Crippen LogP contribution in [0.1, 0.15) is 31.7 Å². The largest absolute Gasteiger partial charge is 0.373 e. The third kappa shape index (κ3) is 2.62. The molecule has 0 amide bonds. The molecule has 4 heteroatoms. The predicted octanol–water partition coefficient (Wildman–Crippen LogP) is 2.29. The van der Waals surface area contributed by atoms with Gasteiger partial charge in [-0.25, -0.2) is 9.97 Å². The first-order valence-corrected chi connectivity index (χ1v) is 6.10. The molecule has 0 atom stereocenters. The van der Waals surface area contributed by atoms with Crippen molar-refractivity contribution in [3.63, 3.8) is 0 Å². The van der Waals surface area contributed by atoms with E-state index in [2.05, 4.69) is 27.5 Å². The van der Waals surface area contributed by atoms with Crippen LogP contribution in [0.15, 0.2) is 6.33 Å². The molecule has 1 aliphatic carbocycles. The van der Waals surface area contributed by atoms with Crippen LogP contribution in [0.5, 0.6) is 0 Å². The molecule has 16 heavy (non-hydrogen) atoms. The lowest BCUT2D eigenvalue weighted by atomic mass is 10.1. The Labute approximate surface area is 96.9 Å². The van der Waals surface area contributed by atoms with E-state index in [1.54, 1.807) is 6.33 Å².